The van der Waals surface area contributed by atoms with Gasteiger partial charge in [0.1, 0.15) is 0 Å². The van der Waals surface area contributed by atoms with Gasteiger partial charge in [0.05, 0.1) is 0 Å². The van der Waals surface area contributed by atoms with Gasteiger partial charge in [-0.3, -0.25) is 4.79 Å². The van der Waals surface area contributed by atoms with Gasteiger partial charge in [-0.2, -0.15) is 0 Å². The molecule has 0 aromatic carbocycles. The predicted molar refractivity (Wildman–Crippen MR) is 64.9 cm³/mol. The Morgan fingerprint density at radius 3 is 2.13 bits per heavy atom. The van der Waals surface area contributed by atoms with Gasteiger partial charge >= 0.3 is 0 Å². The minimum absolute atomic E-state index is 0.0778. The fourth-order valence-corrected chi connectivity index (χ4v) is 1.69. The number of carbonyl (C=O) groups excluding carboxylic acids is 1. The minimum atomic E-state index is 0.0778. The summed E-state index contributed by atoms with van der Waals surface area (Å²) in [6.07, 6.45) is 4.72. The van der Waals surface area contributed by atoms with Gasteiger partial charge in [0.2, 0.25) is 5.91 Å². The molecule has 0 aromatic rings. The lowest BCUT2D eigenvalue weighted by Gasteiger charge is -2.20. The molecule has 0 fully saturated rings. The molecule has 0 saturated heterocycles. The Morgan fingerprint density at radius 2 is 1.67 bits per heavy atom. The molecule has 90 valence electrons. The first kappa shape index (κ1) is 14.4. The van der Waals surface area contributed by atoms with Crippen LogP contribution in [0.5, 0.6) is 0 Å². The zero-order valence-electron chi connectivity index (χ0n) is 10.5. The first-order chi connectivity index (χ1) is 7.20. The normalized spacial score (nSPS) is 10.7. The molecule has 0 atom stereocenters. The van der Waals surface area contributed by atoms with Crippen molar-refractivity contribution < 1.29 is 4.79 Å². The Bertz CT molecular complexity index is 154. The predicted octanol–water partition coefficient (Wildman–Crippen LogP) is 2.02. The smallest absolute Gasteiger partial charge is 0.216 e. The fraction of sp³-hybridized carbons (Fsp3) is 0.917. The highest BCUT2D eigenvalue weighted by molar-refractivity contribution is 5.72. The Kier molecular flexibility index (Phi) is 9.59. The summed E-state index contributed by atoms with van der Waals surface area (Å²) < 4.78 is 0. The van der Waals surface area contributed by atoms with E-state index in [1.165, 1.54) is 38.9 Å². The zero-order valence-corrected chi connectivity index (χ0v) is 10.5. The molecule has 0 bridgehead atoms. The number of hydrogen-bond donors (Lipinski definition) is 1. The van der Waals surface area contributed by atoms with Crippen molar-refractivity contribution in [1.29, 1.82) is 0 Å². The summed E-state index contributed by atoms with van der Waals surface area (Å²) in [6.45, 7) is 10.4. The van der Waals surface area contributed by atoms with Crippen LogP contribution in [0.4, 0.5) is 0 Å². The largest absolute Gasteiger partial charge is 0.356 e. The lowest BCUT2D eigenvalue weighted by molar-refractivity contribution is -0.118. The monoisotopic (exact) mass is 214 g/mol. The summed E-state index contributed by atoms with van der Waals surface area (Å²) in [6, 6.07) is 0. The second-order valence-corrected chi connectivity index (χ2v) is 4.03. The van der Waals surface area contributed by atoms with E-state index >= 15 is 0 Å². The van der Waals surface area contributed by atoms with E-state index in [4.69, 9.17) is 0 Å². The summed E-state index contributed by atoms with van der Waals surface area (Å²) in [7, 11) is 0. The van der Waals surface area contributed by atoms with Gasteiger partial charge in [-0.05, 0) is 45.3 Å². The first-order valence-electron chi connectivity index (χ1n) is 6.17. The zero-order chi connectivity index (χ0) is 11.5. The van der Waals surface area contributed by atoms with Crippen molar-refractivity contribution in [3.63, 3.8) is 0 Å². The van der Waals surface area contributed by atoms with Crippen molar-refractivity contribution in [3.05, 3.63) is 0 Å². The van der Waals surface area contributed by atoms with Crippen LogP contribution >= 0.6 is 0 Å². The molecule has 0 aromatic heterocycles. The molecule has 0 aliphatic heterocycles. The average Bonchev–Trinajstić information content (AvgIpc) is 2.17. The van der Waals surface area contributed by atoms with E-state index in [1.807, 2.05) is 0 Å². The Morgan fingerprint density at radius 1 is 1.07 bits per heavy atom. The Hall–Kier alpha value is -0.570. The highest BCUT2D eigenvalue weighted by Gasteiger charge is 2.01. The van der Waals surface area contributed by atoms with Crippen LogP contribution in [-0.2, 0) is 4.79 Å². The van der Waals surface area contributed by atoms with E-state index < -0.39 is 0 Å². The van der Waals surface area contributed by atoms with E-state index in [0.29, 0.717) is 0 Å². The van der Waals surface area contributed by atoms with Crippen molar-refractivity contribution in [2.75, 3.05) is 26.2 Å². The standard InChI is InChI=1S/C12H26N2O/c1-4-9-14(10-5-2)11-7-6-8-13-12(3)15/h4-11H2,1-3H3,(H,13,15). The highest BCUT2D eigenvalue weighted by atomic mass is 16.1. The summed E-state index contributed by atoms with van der Waals surface area (Å²) in [5.41, 5.74) is 0. The average molecular weight is 214 g/mol. The molecule has 0 aliphatic carbocycles. The lowest BCUT2D eigenvalue weighted by atomic mass is 10.2. The molecule has 0 rings (SSSR count). The second-order valence-electron chi connectivity index (χ2n) is 4.03. The molecule has 0 heterocycles. The van der Waals surface area contributed by atoms with Gasteiger partial charge in [-0.15, -0.1) is 0 Å². The maximum Gasteiger partial charge on any atom is 0.216 e. The molecule has 0 spiro atoms. The minimum Gasteiger partial charge on any atom is -0.356 e. The quantitative estimate of drug-likeness (QED) is 0.596. The van der Waals surface area contributed by atoms with E-state index in [1.54, 1.807) is 6.92 Å². The van der Waals surface area contributed by atoms with Crippen LogP contribution in [0, 0.1) is 0 Å². The van der Waals surface area contributed by atoms with Crippen LogP contribution in [0.15, 0.2) is 0 Å². The third kappa shape index (κ3) is 9.73. The fourth-order valence-electron chi connectivity index (χ4n) is 1.69. The van der Waals surface area contributed by atoms with Gasteiger partial charge in [0, 0.05) is 13.5 Å². The van der Waals surface area contributed by atoms with Gasteiger partial charge in [-0.25, -0.2) is 0 Å². The van der Waals surface area contributed by atoms with Gasteiger partial charge in [0.15, 0.2) is 0 Å². The maximum absolute atomic E-state index is 10.6. The maximum atomic E-state index is 10.6. The second kappa shape index (κ2) is 9.97. The van der Waals surface area contributed by atoms with Gasteiger partial charge < -0.3 is 10.2 Å². The van der Waals surface area contributed by atoms with Crippen molar-refractivity contribution >= 4 is 5.91 Å². The highest BCUT2D eigenvalue weighted by Crippen LogP contribution is 1.98. The van der Waals surface area contributed by atoms with Crippen LogP contribution in [0.2, 0.25) is 0 Å². The number of carbonyl (C=O) groups is 1. The van der Waals surface area contributed by atoms with E-state index in [-0.39, 0.29) is 5.91 Å². The molecule has 0 radical (unpaired) electrons. The summed E-state index contributed by atoms with van der Waals surface area (Å²) in [5.74, 6) is 0.0778. The van der Waals surface area contributed by atoms with Crippen LogP contribution in [0.3, 0.4) is 0 Å². The van der Waals surface area contributed by atoms with Crippen molar-refractivity contribution in [2.24, 2.45) is 0 Å². The molecule has 0 aliphatic rings. The molecule has 15 heavy (non-hydrogen) atoms. The number of hydrogen-bond acceptors (Lipinski definition) is 2. The van der Waals surface area contributed by atoms with E-state index in [0.717, 1.165) is 13.0 Å². The Labute approximate surface area is 94.2 Å². The molecular weight excluding hydrogens is 188 g/mol. The van der Waals surface area contributed by atoms with Crippen molar-refractivity contribution in [1.82, 2.24) is 10.2 Å². The number of nitrogens with one attached hydrogen (secondary N) is 1. The summed E-state index contributed by atoms with van der Waals surface area (Å²) >= 11 is 0. The third-order valence-corrected chi connectivity index (χ3v) is 2.35. The number of rotatable bonds is 9. The molecule has 3 nitrogen and oxygen atoms in total. The van der Waals surface area contributed by atoms with Crippen molar-refractivity contribution in [3.8, 4) is 0 Å². The van der Waals surface area contributed by atoms with E-state index in [9.17, 15) is 4.79 Å². The SMILES string of the molecule is CCCN(CCC)CCCCNC(C)=O. The van der Waals surface area contributed by atoms with Crippen LogP contribution in [0.1, 0.15) is 46.5 Å². The molecule has 3 heteroatoms. The third-order valence-electron chi connectivity index (χ3n) is 2.35. The van der Waals surface area contributed by atoms with Gasteiger partial charge in [0.25, 0.3) is 0 Å². The van der Waals surface area contributed by atoms with E-state index in [2.05, 4.69) is 24.1 Å². The lowest BCUT2D eigenvalue weighted by Crippen LogP contribution is -2.27. The molecule has 1 amide bonds. The topological polar surface area (TPSA) is 32.3 Å². The summed E-state index contributed by atoms with van der Waals surface area (Å²) in [5, 5.41) is 2.83. The molecular formula is C12H26N2O. The van der Waals surface area contributed by atoms with Crippen molar-refractivity contribution in [2.45, 2.75) is 46.5 Å². The molecule has 0 saturated carbocycles. The number of amides is 1. The Balaban J connectivity index is 3.39. The van der Waals surface area contributed by atoms with Gasteiger partial charge in [-0.1, -0.05) is 13.8 Å². The number of unbranched alkanes of at least 4 members (excludes halogenated alkanes) is 1. The first-order valence-corrected chi connectivity index (χ1v) is 6.17. The van der Waals surface area contributed by atoms with Crippen LogP contribution in [0.25, 0.3) is 0 Å². The molecule has 1 N–H and O–H groups in total. The summed E-state index contributed by atoms with van der Waals surface area (Å²) in [4.78, 5) is 13.1. The van der Waals surface area contributed by atoms with Crippen LogP contribution in [-0.4, -0.2) is 37.0 Å². The number of nitrogens with zero attached hydrogens (tertiary/aromatic N) is 1. The van der Waals surface area contributed by atoms with Crippen LogP contribution < -0.4 is 5.32 Å². The molecule has 0 unspecified atom stereocenters.